The largest absolute Gasteiger partial charge is 0.406 e. The summed E-state index contributed by atoms with van der Waals surface area (Å²) in [7, 11) is 0. The summed E-state index contributed by atoms with van der Waals surface area (Å²) in [6.07, 6.45) is -3.69. The highest BCUT2D eigenvalue weighted by Crippen LogP contribution is 2.21. The quantitative estimate of drug-likeness (QED) is 0.795. The van der Waals surface area contributed by atoms with Crippen LogP contribution < -0.4 is 5.32 Å². The van der Waals surface area contributed by atoms with Crippen molar-refractivity contribution in [2.75, 3.05) is 31.6 Å². The predicted molar refractivity (Wildman–Crippen MR) is 67.7 cm³/mol. The molecule has 0 fully saturated rings. The number of amides is 1. The fraction of sp³-hybridized carbons (Fsp3) is 0.700. The van der Waals surface area contributed by atoms with Crippen molar-refractivity contribution in [1.29, 1.82) is 0 Å². The molecule has 2 N–H and O–H groups in total. The van der Waals surface area contributed by atoms with Crippen LogP contribution in [0.4, 0.5) is 18.3 Å². The summed E-state index contributed by atoms with van der Waals surface area (Å²) in [4.78, 5) is 12.4. The van der Waals surface area contributed by atoms with Gasteiger partial charge in [-0.1, -0.05) is 18.3 Å². The van der Waals surface area contributed by atoms with E-state index in [0.29, 0.717) is 16.6 Å². The maximum absolute atomic E-state index is 12.4. The number of alkyl halides is 3. The molecule has 114 valence electrons. The Balaban J connectivity index is 2.75. The summed E-state index contributed by atoms with van der Waals surface area (Å²) in [6, 6.07) is 0. The molecule has 1 heterocycles. The molecule has 1 aromatic rings. The molecular formula is C10H15F3N4O2S. The monoisotopic (exact) mass is 312 g/mol. The fourth-order valence-electron chi connectivity index (χ4n) is 1.34. The minimum Gasteiger partial charge on any atom is -0.395 e. The third-order valence-electron chi connectivity index (χ3n) is 2.16. The van der Waals surface area contributed by atoms with Crippen molar-refractivity contribution in [2.45, 2.75) is 19.5 Å². The first-order valence-electron chi connectivity index (χ1n) is 5.91. The topological polar surface area (TPSA) is 78.4 Å². The molecule has 0 spiro atoms. The third kappa shape index (κ3) is 5.29. The molecule has 1 amide bonds. The van der Waals surface area contributed by atoms with E-state index >= 15 is 0 Å². The first kappa shape index (κ1) is 16.6. The SMILES string of the molecule is CCCNc1nnc(C(=O)N(CCO)CC(F)(F)F)s1. The number of carbonyl (C=O) groups is 1. The second-order valence-corrected chi connectivity index (χ2v) is 4.88. The molecule has 0 radical (unpaired) electrons. The van der Waals surface area contributed by atoms with Crippen LogP contribution in [-0.2, 0) is 0 Å². The van der Waals surface area contributed by atoms with Crippen molar-refractivity contribution < 1.29 is 23.1 Å². The zero-order chi connectivity index (χ0) is 15.2. The number of rotatable bonds is 7. The Morgan fingerprint density at radius 2 is 2.15 bits per heavy atom. The third-order valence-corrected chi connectivity index (χ3v) is 3.03. The highest BCUT2D eigenvalue weighted by molar-refractivity contribution is 7.17. The van der Waals surface area contributed by atoms with Crippen molar-refractivity contribution in [3.63, 3.8) is 0 Å². The molecule has 20 heavy (non-hydrogen) atoms. The highest BCUT2D eigenvalue weighted by Gasteiger charge is 2.34. The number of aromatic nitrogens is 2. The van der Waals surface area contributed by atoms with Crippen LogP contribution in [0.1, 0.15) is 23.1 Å². The van der Waals surface area contributed by atoms with Gasteiger partial charge in [0.1, 0.15) is 6.54 Å². The van der Waals surface area contributed by atoms with E-state index in [0.717, 1.165) is 17.8 Å². The number of carbonyl (C=O) groups excluding carboxylic acids is 1. The van der Waals surface area contributed by atoms with Crippen LogP contribution >= 0.6 is 11.3 Å². The molecule has 0 aliphatic carbocycles. The van der Waals surface area contributed by atoms with E-state index < -0.39 is 31.8 Å². The molecule has 6 nitrogen and oxygen atoms in total. The van der Waals surface area contributed by atoms with E-state index in [-0.39, 0.29) is 5.01 Å². The average molecular weight is 312 g/mol. The lowest BCUT2D eigenvalue weighted by Gasteiger charge is -2.21. The van der Waals surface area contributed by atoms with Crippen molar-refractivity contribution >= 4 is 22.4 Å². The smallest absolute Gasteiger partial charge is 0.395 e. The van der Waals surface area contributed by atoms with Crippen LogP contribution in [0.5, 0.6) is 0 Å². The van der Waals surface area contributed by atoms with Gasteiger partial charge in [0.15, 0.2) is 0 Å². The Morgan fingerprint density at radius 1 is 1.45 bits per heavy atom. The molecule has 0 aliphatic rings. The van der Waals surface area contributed by atoms with Gasteiger partial charge >= 0.3 is 6.18 Å². The van der Waals surface area contributed by atoms with Gasteiger partial charge in [0.25, 0.3) is 5.91 Å². The van der Waals surface area contributed by atoms with Crippen LogP contribution in [0.15, 0.2) is 0 Å². The number of hydrogen-bond donors (Lipinski definition) is 2. The number of halogens is 3. The summed E-state index contributed by atoms with van der Waals surface area (Å²) < 4.78 is 37.1. The van der Waals surface area contributed by atoms with Crippen LogP contribution in [0.2, 0.25) is 0 Å². The van der Waals surface area contributed by atoms with Gasteiger partial charge in [-0.15, -0.1) is 10.2 Å². The lowest BCUT2D eigenvalue weighted by Crippen LogP contribution is -2.40. The van der Waals surface area contributed by atoms with E-state index in [1.165, 1.54) is 0 Å². The maximum Gasteiger partial charge on any atom is 0.406 e. The molecule has 0 saturated carbocycles. The van der Waals surface area contributed by atoms with E-state index in [1.807, 2.05) is 6.92 Å². The van der Waals surface area contributed by atoms with Gasteiger partial charge in [0.2, 0.25) is 10.1 Å². The molecule has 0 atom stereocenters. The summed E-state index contributed by atoms with van der Waals surface area (Å²) in [5.74, 6) is -0.890. The molecular weight excluding hydrogens is 297 g/mol. The molecule has 10 heteroatoms. The summed E-state index contributed by atoms with van der Waals surface area (Å²) in [5, 5.41) is 19.1. The van der Waals surface area contributed by atoms with Gasteiger partial charge in [-0.05, 0) is 6.42 Å². The van der Waals surface area contributed by atoms with Gasteiger partial charge in [0.05, 0.1) is 6.61 Å². The van der Waals surface area contributed by atoms with Gasteiger partial charge in [-0.25, -0.2) is 0 Å². The lowest BCUT2D eigenvalue weighted by molar-refractivity contribution is -0.141. The predicted octanol–water partition coefficient (Wildman–Crippen LogP) is 1.36. The van der Waals surface area contributed by atoms with Crippen LogP contribution in [-0.4, -0.2) is 58.5 Å². The summed E-state index contributed by atoms with van der Waals surface area (Å²) in [6.45, 7) is 0.180. The first-order valence-corrected chi connectivity index (χ1v) is 6.73. The van der Waals surface area contributed by atoms with Gasteiger partial charge in [0, 0.05) is 13.1 Å². The number of aliphatic hydroxyl groups excluding tert-OH is 1. The highest BCUT2D eigenvalue weighted by atomic mass is 32.1. The van der Waals surface area contributed by atoms with Crippen molar-refractivity contribution in [2.24, 2.45) is 0 Å². The zero-order valence-corrected chi connectivity index (χ0v) is 11.6. The van der Waals surface area contributed by atoms with E-state index in [9.17, 15) is 18.0 Å². The normalized spacial score (nSPS) is 11.4. The maximum atomic E-state index is 12.4. The number of hydrogen-bond acceptors (Lipinski definition) is 6. The Bertz CT molecular complexity index is 438. The zero-order valence-electron chi connectivity index (χ0n) is 10.8. The second-order valence-electron chi connectivity index (χ2n) is 3.90. The van der Waals surface area contributed by atoms with Crippen molar-refractivity contribution in [3.05, 3.63) is 5.01 Å². The standard InChI is InChI=1S/C10H15F3N4O2S/c1-2-3-14-9-16-15-7(20-9)8(19)17(4-5-18)6-10(11,12)13/h18H,2-6H2,1H3,(H,14,16). The molecule has 0 aromatic carbocycles. The molecule has 1 aromatic heterocycles. The minimum absolute atomic E-state index is 0.138. The lowest BCUT2D eigenvalue weighted by atomic mass is 10.4. The average Bonchev–Trinajstić information content (AvgIpc) is 2.82. The minimum atomic E-state index is -4.53. The van der Waals surface area contributed by atoms with Crippen LogP contribution in [0, 0.1) is 0 Å². The number of nitrogens with zero attached hydrogens (tertiary/aromatic N) is 3. The Morgan fingerprint density at radius 3 is 2.70 bits per heavy atom. The Kier molecular flexibility index (Phi) is 6.14. The van der Waals surface area contributed by atoms with Crippen LogP contribution in [0.25, 0.3) is 0 Å². The molecule has 0 aliphatic heterocycles. The fourth-order valence-corrected chi connectivity index (χ4v) is 2.07. The number of nitrogens with one attached hydrogen (secondary N) is 1. The van der Waals surface area contributed by atoms with E-state index in [4.69, 9.17) is 5.11 Å². The first-order chi connectivity index (χ1) is 9.37. The summed E-state index contributed by atoms with van der Waals surface area (Å²) >= 11 is 0.888. The van der Waals surface area contributed by atoms with Crippen molar-refractivity contribution in [3.8, 4) is 0 Å². The van der Waals surface area contributed by atoms with Gasteiger partial charge in [-0.2, -0.15) is 13.2 Å². The number of aliphatic hydroxyl groups is 1. The Labute approximate surface area is 117 Å². The number of anilines is 1. The van der Waals surface area contributed by atoms with E-state index in [1.54, 1.807) is 0 Å². The molecule has 0 unspecified atom stereocenters. The second kappa shape index (κ2) is 7.39. The summed E-state index contributed by atoms with van der Waals surface area (Å²) in [5.41, 5.74) is 0. The molecule has 0 bridgehead atoms. The molecule has 0 saturated heterocycles. The molecule has 1 rings (SSSR count). The van der Waals surface area contributed by atoms with Gasteiger partial charge in [-0.3, -0.25) is 4.79 Å². The van der Waals surface area contributed by atoms with Gasteiger partial charge < -0.3 is 15.3 Å². The van der Waals surface area contributed by atoms with Crippen LogP contribution in [0.3, 0.4) is 0 Å². The van der Waals surface area contributed by atoms with E-state index in [2.05, 4.69) is 15.5 Å². The Hall–Kier alpha value is -1.42. The van der Waals surface area contributed by atoms with Crippen molar-refractivity contribution in [1.82, 2.24) is 15.1 Å².